The van der Waals surface area contributed by atoms with Crippen molar-refractivity contribution in [3.63, 3.8) is 0 Å². The van der Waals surface area contributed by atoms with E-state index in [0.29, 0.717) is 0 Å². The Hall–Kier alpha value is -3.18. The van der Waals surface area contributed by atoms with E-state index in [4.69, 9.17) is 0 Å². The Balaban J connectivity index is 2.70. The van der Waals surface area contributed by atoms with E-state index in [0.717, 1.165) is 24.3 Å². The van der Waals surface area contributed by atoms with E-state index >= 15 is 0 Å². The Labute approximate surface area is 128 Å². The predicted octanol–water partition coefficient (Wildman–Crippen LogP) is 4.79. The third-order valence-corrected chi connectivity index (χ3v) is 1.85. The van der Waals surface area contributed by atoms with Gasteiger partial charge in [-0.05, 0) is 12.1 Å². The summed E-state index contributed by atoms with van der Waals surface area (Å²) < 4.78 is 86.9. The molecule has 0 spiro atoms. The largest absolute Gasteiger partial charge is 0.521 e. The highest BCUT2D eigenvalue weighted by Crippen LogP contribution is 2.22. The number of carbonyl (C=O) groups is 2. The van der Waals surface area contributed by atoms with Gasteiger partial charge in [-0.2, -0.15) is 26.3 Å². The van der Waals surface area contributed by atoms with Crippen molar-refractivity contribution in [3.8, 4) is 11.5 Å². The standard InChI is InChI=1S/C12H4F6O6/c13-7(14)9(17)23-11(19)21-5-2-1-3-6(4-5)22-12(20)24-10(18)8(15)16/h1-4H. The highest BCUT2D eigenvalue weighted by Gasteiger charge is 2.17. The quantitative estimate of drug-likeness (QED) is 0.334. The maximum Gasteiger partial charge on any atom is 0.521 e. The van der Waals surface area contributed by atoms with Gasteiger partial charge in [-0.3, -0.25) is 0 Å². The lowest BCUT2D eigenvalue weighted by atomic mass is 10.3. The number of hydrogen-bond acceptors (Lipinski definition) is 6. The number of rotatable bonds is 4. The van der Waals surface area contributed by atoms with Crippen LogP contribution in [0.3, 0.4) is 0 Å². The molecular formula is C12H4F6O6. The van der Waals surface area contributed by atoms with E-state index in [1.807, 2.05) is 0 Å². The van der Waals surface area contributed by atoms with Crippen LogP contribution in [-0.4, -0.2) is 12.3 Å². The molecule has 0 aliphatic heterocycles. The van der Waals surface area contributed by atoms with Crippen LogP contribution in [0.25, 0.3) is 0 Å². The topological polar surface area (TPSA) is 71.1 Å². The van der Waals surface area contributed by atoms with Gasteiger partial charge >= 0.3 is 36.5 Å². The van der Waals surface area contributed by atoms with Crippen LogP contribution in [0.15, 0.2) is 48.5 Å². The molecule has 0 heterocycles. The van der Waals surface area contributed by atoms with E-state index in [1.165, 1.54) is 0 Å². The van der Waals surface area contributed by atoms with Crippen molar-refractivity contribution in [1.82, 2.24) is 0 Å². The molecule has 0 aliphatic carbocycles. The molecule has 1 aromatic carbocycles. The van der Waals surface area contributed by atoms with Crippen LogP contribution in [0.2, 0.25) is 0 Å². The summed E-state index contributed by atoms with van der Waals surface area (Å²) in [6, 6.07) is -1.03. The van der Waals surface area contributed by atoms with Gasteiger partial charge in [0.2, 0.25) is 0 Å². The van der Waals surface area contributed by atoms with Crippen LogP contribution in [0.4, 0.5) is 35.9 Å². The maximum absolute atomic E-state index is 12.3. The summed E-state index contributed by atoms with van der Waals surface area (Å²) >= 11 is 0. The zero-order chi connectivity index (χ0) is 18.3. The third-order valence-electron chi connectivity index (χ3n) is 1.85. The first-order valence-corrected chi connectivity index (χ1v) is 5.50. The summed E-state index contributed by atoms with van der Waals surface area (Å²) in [6.07, 6.45) is -9.56. The smallest absolute Gasteiger partial charge is 0.395 e. The summed E-state index contributed by atoms with van der Waals surface area (Å²) in [5, 5.41) is 0. The van der Waals surface area contributed by atoms with Gasteiger partial charge in [0.1, 0.15) is 11.5 Å². The molecule has 0 bridgehead atoms. The summed E-state index contributed by atoms with van der Waals surface area (Å²) in [5.41, 5.74) is 0. The molecule has 0 saturated carbocycles. The SMILES string of the molecule is O=C(OC(F)=C(F)F)Oc1cccc(OC(=O)OC(F)=C(F)F)c1. The van der Waals surface area contributed by atoms with Crippen LogP contribution in [0.5, 0.6) is 11.5 Å². The fourth-order valence-electron chi connectivity index (χ4n) is 1.06. The molecule has 130 valence electrons. The summed E-state index contributed by atoms with van der Waals surface area (Å²) in [4.78, 5) is 21.9. The van der Waals surface area contributed by atoms with Crippen LogP contribution < -0.4 is 9.47 Å². The second-order valence-corrected chi connectivity index (χ2v) is 3.45. The van der Waals surface area contributed by atoms with E-state index in [1.54, 1.807) is 0 Å². The maximum atomic E-state index is 12.3. The molecule has 0 radical (unpaired) electrons. The number of hydrogen-bond donors (Lipinski definition) is 0. The predicted molar refractivity (Wildman–Crippen MR) is 61.4 cm³/mol. The van der Waals surface area contributed by atoms with Gasteiger partial charge in [0, 0.05) is 6.07 Å². The second-order valence-electron chi connectivity index (χ2n) is 3.45. The molecule has 0 N–H and O–H groups in total. The van der Waals surface area contributed by atoms with Crippen molar-refractivity contribution in [1.29, 1.82) is 0 Å². The first-order chi connectivity index (χ1) is 11.2. The Morgan fingerprint density at radius 3 is 1.42 bits per heavy atom. The molecular weight excluding hydrogens is 354 g/mol. The molecule has 1 aromatic rings. The summed E-state index contributed by atoms with van der Waals surface area (Å²) in [5.74, 6) is -0.935. The van der Waals surface area contributed by atoms with Crippen LogP contribution in [0, 0.1) is 0 Å². The second kappa shape index (κ2) is 8.45. The van der Waals surface area contributed by atoms with Crippen molar-refractivity contribution in [3.05, 3.63) is 48.5 Å². The minimum atomic E-state index is -2.90. The lowest BCUT2D eigenvalue weighted by molar-refractivity contribution is 0.0938. The van der Waals surface area contributed by atoms with Gasteiger partial charge in [-0.15, -0.1) is 0 Å². The Kier molecular flexibility index (Phi) is 6.64. The lowest BCUT2D eigenvalue weighted by Crippen LogP contribution is -2.11. The fourth-order valence-corrected chi connectivity index (χ4v) is 1.06. The molecule has 0 aliphatic rings. The lowest BCUT2D eigenvalue weighted by Gasteiger charge is -2.06. The Morgan fingerprint density at radius 1 is 0.708 bits per heavy atom. The van der Waals surface area contributed by atoms with E-state index in [2.05, 4.69) is 18.9 Å². The molecule has 0 unspecified atom stereocenters. The summed E-state index contributed by atoms with van der Waals surface area (Å²) in [6.45, 7) is 0. The molecule has 12 heteroatoms. The first-order valence-electron chi connectivity index (χ1n) is 5.50. The summed E-state index contributed by atoms with van der Waals surface area (Å²) in [7, 11) is 0. The van der Waals surface area contributed by atoms with Gasteiger partial charge in [0.15, 0.2) is 0 Å². The van der Waals surface area contributed by atoms with Gasteiger partial charge in [-0.25, -0.2) is 9.59 Å². The first kappa shape index (κ1) is 18.9. The number of ether oxygens (including phenoxy) is 4. The van der Waals surface area contributed by atoms with E-state index in [9.17, 15) is 35.9 Å². The molecule has 1 rings (SSSR count). The number of halogens is 6. The van der Waals surface area contributed by atoms with Gasteiger partial charge in [0.05, 0.1) is 0 Å². The zero-order valence-electron chi connectivity index (χ0n) is 11.0. The van der Waals surface area contributed by atoms with Crippen LogP contribution >= 0.6 is 0 Å². The van der Waals surface area contributed by atoms with Crippen molar-refractivity contribution in [2.24, 2.45) is 0 Å². The molecule has 0 fully saturated rings. The highest BCUT2D eigenvalue weighted by atomic mass is 19.3. The van der Waals surface area contributed by atoms with E-state index in [-0.39, 0.29) is 0 Å². The van der Waals surface area contributed by atoms with Crippen molar-refractivity contribution in [2.75, 3.05) is 0 Å². The Morgan fingerprint density at radius 2 is 1.08 bits per heavy atom. The average molecular weight is 358 g/mol. The van der Waals surface area contributed by atoms with Crippen molar-refractivity contribution < 1.29 is 54.9 Å². The van der Waals surface area contributed by atoms with Crippen molar-refractivity contribution in [2.45, 2.75) is 0 Å². The minimum absolute atomic E-state index is 0.468. The van der Waals surface area contributed by atoms with Crippen molar-refractivity contribution >= 4 is 12.3 Å². The monoisotopic (exact) mass is 358 g/mol. The molecule has 0 amide bonds. The molecule has 0 saturated heterocycles. The van der Waals surface area contributed by atoms with Gasteiger partial charge in [-0.1, -0.05) is 6.07 Å². The molecule has 6 nitrogen and oxygen atoms in total. The molecule has 0 atom stereocenters. The average Bonchev–Trinajstić information content (AvgIpc) is 2.46. The highest BCUT2D eigenvalue weighted by molar-refractivity contribution is 5.67. The molecule has 24 heavy (non-hydrogen) atoms. The molecule has 0 aromatic heterocycles. The van der Waals surface area contributed by atoms with Gasteiger partial charge < -0.3 is 18.9 Å². The van der Waals surface area contributed by atoms with Crippen LogP contribution in [0.1, 0.15) is 0 Å². The number of benzene rings is 1. The fraction of sp³-hybridized carbons (Fsp3) is 0. The zero-order valence-corrected chi connectivity index (χ0v) is 11.0. The van der Waals surface area contributed by atoms with Crippen LogP contribution in [-0.2, 0) is 9.47 Å². The minimum Gasteiger partial charge on any atom is -0.395 e. The normalized spacial score (nSPS) is 9.58. The number of carbonyl (C=O) groups excluding carboxylic acids is 2. The van der Waals surface area contributed by atoms with Gasteiger partial charge in [0.25, 0.3) is 0 Å². The Bertz CT molecular complexity index is 638. The van der Waals surface area contributed by atoms with E-state index < -0.39 is 48.0 Å². The third kappa shape index (κ3) is 6.29.